The van der Waals surface area contributed by atoms with Gasteiger partial charge in [0.15, 0.2) is 5.84 Å². The summed E-state index contributed by atoms with van der Waals surface area (Å²) >= 11 is 0. The summed E-state index contributed by atoms with van der Waals surface area (Å²) in [5, 5.41) is 2.80. The molecule has 0 unspecified atom stereocenters. The van der Waals surface area contributed by atoms with E-state index in [0.717, 1.165) is 0 Å². The van der Waals surface area contributed by atoms with Crippen molar-refractivity contribution in [3.63, 3.8) is 0 Å². The average molecular weight is 432 g/mol. The number of amides is 2. The minimum absolute atomic E-state index is 0.0233. The molecule has 0 saturated carbocycles. The maximum absolute atomic E-state index is 12.5. The predicted octanol–water partition coefficient (Wildman–Crippen LogP) is 0.144. The standard InChI is InChI=1S/C18H20N6O5S/c1-18(2,22-17(26)10-6-7-21-12(8-10)16(20)25)9-29-13-5-3-4-11-14(13)15(19)24-30(27,28)23-11/h3-8,23H,9H2,1-2H3,(H2,19,24)(H2,20,25)(H,22,26). The van der Waals surface area contributed by atoms with Crippen molar-refractivity contribution in [3.05, 3.63) is 53.3 Å². The number of pyridine rings is 1. The smallest absolute Gasteiger partial charge is 0.344 e. The zero-order valence-corrected chi connectivity index (χ0v) is 17.0. The Bertz CT molecular complexity index is 1160. The molecule has 1 aliphatic heterocycles. The van der Waals surface area contributed by atoms with Gasteiger partial charge in [-0.05, 0) is 38.1 Å². The number of amidine groups is 1. The van der Waals surface area contributed by atoms with E-state index in [1.807, 2.05) is 0 Å². The molecule has 1 aromatic heterocycles. The Hall–Kier alpha value is -3.67. The van der Waals surface area contributed by atoms with E-state index in [4.69, 9.17) is 16.2 Å². The molecule has 0 fully saturated rings. The molecule has 0 aliphatic carbocycles. The maximum atomic E-state index is 12.5. The normalized spacial score (nSPS) is 14.7. The Morgan fingerprint density at radius 3 is 2.70 bits per heavy atom. The SMILES string of the molecule is CC(C)(COc1cccc2c1C(N)=NS(=O)(=O)N2)NC(=O)c1ccnc(C(N)=O)c1. The van der Waals surface area contributed by atoms with Crippen molar-refractivity contribution in [3.8, 4) is 5.75 Å². The maximum Gasteiger partial charge on any atom is 0.344 e. The van der Waals surface area contributed by atoms with Gasteiger partial charge in [-0.2, -0.15) is 8.42 Å². The van der Waals surface area contributed by atoms with E-state index >= 15 is 0 Å². The van der Waals surface area contributed by atoms with Gasteiger partial charge in [0.1, 0.15) is 18.1 Å². The van der Waals surface area contributed by atoms with Crippen molar-refractivity contribution in [2.24, 2.45) is 15.9 Å². The number of fused-ring (bicyclic) bond motifs is 1. The van der Waals surface area contributed by atoms with E-state index in [1.54, 1.807) is 26.0 Å². The number of ether oxygens (including phenoxy) is 1. The molecule has 0 atom stereocenters. The summed E-state index contributed by atoms with van der Waals surface area (Å²) in [6.45, 7) is 3.50. The third kappa shape index (κ3) is 4.66. The highest BCUT2D eigenvalue weighted by Crippen LogP contribution is 2.30. The van der Waals surface area contributed by atoms with Crippen LogP contribution in [0.15, 0.2) is 40.9 Å². The number of anilines is 1. The molecule has 30 heavy (non-hydrogen) atoms. The van der Waals surface area contributed by atoms with E-state index in [0.29, 0.717) is 11.3 Å². The highest BCUT2D eigenvalue weighted by Gasteiger charge is 2.27. The van der Waals surface area contributed by atoms with Gasteiger partial charge in [-0.1, -0.05) is 6.07 Å². The minimum atomic E-state index is -3.90. The third-order valence-corrected chi connectivity index (χ3v) is 4.97. The van der Waals surface area contributed by atoms with Crippen LogP contribution >= 0.6 is 0 Å². The van der Waals surface area contributed by atoms with E-state index in [1.165, 1.54) is 24.4 Å². The number of nitrogens with one attached hydrogen (secondary N) is 2. The molecular formula is C18H20N6O5S. The second-order valence-electron chi connectivity index (χ2n) is 7.15. The molecule has 158 valence electrons. The van der Waals surface area contributed by atoms with Crippen LogP contribution in [0.2, 0.25) is 0 Å². The van der Waals surface area contributed by atoms with E-state index in [9.17, 15) is 18.0 Å². The molecule has 2 aromatic rings. The Labute approximate surface area is 172 Å². The second kappa shape index (κ2) is 7.63. The number of nitrogens with zero attached hydrogens (tertiary/aromatic N) is 2. The zero-order valence-electron chi connectivity index (χ0n) is 16.2. The van der Waals surface area contributed by atoms with Crippen LogP contribution in [0.1, 0.15) is 40.3 Å². The largest absolute Gasteiger partial charge is 0.490 e. The second-order valence-corrected chi connectivity index (χ2v) is 8.49. The van der Waals surface area contributed by atoms with Crippen LogP contribution in [0, 0.1) is 0 Å². The van der Waals surface area contributed by atoms with Crippen molar-refractivity contribution in [1.82, 2.24) is 10.3 Å². The highest BCUT2D eigenvalue weighted by molar-refractivity contribution is 7.91. The first-order chi connectivity index (χ1) is 14.0. The molecule has 0 bridgehead atoms. The predicted molar refractivity (Wildman–Crippen MR) is 110 cm³/mol. The molecule has 6 N–H and O–H groups in total. The summed E-state index contributed by atoms with van der Waals surface area (Å²) in [4.78, 5) is 27.6. The van der Waals surface area contributed by atoms with Crippen LogP contribution in [0.25, 0.3) is 0 Å². The Morgan fingerprint density at radius 1 is 1.27 bits per heavy atom. The molecule has 2 amide bonds. The minimum Gasteiger partial charge on any atom is -0.490 e. The third-order valence-electron chi connectivity index (χ3n) is 4.05. The van der Waals surface area contributed by atoms with Crippen LogP contribution in [0.3, 0.4) is 0 Å². The van der Waals surface area contributed by atoms with Gasteiger partial charge >= 0.3 is 10.2 Å². The van der Waals surface area contributed by atoms with Gasteiger partial charge in [-0.3, -0.25) is 19.3 Å². The van der Waals surface area contributed by atoms with Gasteiger partial charge in [0.05, 0.1) is 16.8 Å². The van der Waals surface area contributed by atoms with Crippen molar-refractivity contribution < 1.29 is 22.7 Å². The van der Waals surface area contributed by atoms with Gasteiger partial charge < -0.3 is 21.5 Å². The number of hydrogen-bond donors (Lipinski definition) is 4. The molecule has 0 saturated heterocycles. The molecule has 3 rings (SSSR count). The van der Waals surface area contributed by atoms with E-state index < -0.39 is 27.6 Å². The van der Waals surface area contributed by atoms with Crippen molar-refractivity contribution in [1.29, 1.82) is 0 Å². The number of carbonyl (C=O) groups excluding carboxylic acids is 2. The number of carbonyl (C=O) groups is 2. The number of benzene rings is 1. The highest BCUT2D eigenvalue weighted by atomic mass is 32.2. The van der Waals surface area contributed by atoms with Crippen LogP contribution in [0.5, 0.6) is 5.75 Å². The summed E-state index contributed by atoms with van der Waals surface area (Å²) in [6.07, 6.45) is 1.32. The lowest BCUT2D eigenvalue weighted by Gasteiger charge is -2.27. The van der Waals surface area contributed by atoms with Crippen LogP contribution in [0.4, 0.5) is 5.69 Å². The molecule has 2 heterocycles. The Kier molecular flexibility index (Phi) is 5.35. The molecule has 0 radical (unpaired) electrons. The molecule has 11 nitrogen and oxygen atoms in total. The first kappa shape index (κ1) is 21.0. The monoisotopic (exact) mass is 432 g/mol. The van der Waals surface area contributed by atoms with Crippen LogP contribution < -0.4 is 26.2 Å². The lowest BCUT2D eigenvalue weighted by molar-refractivity contribution is 0.0880. The summed E-state index contributed by atoms with van der Waals surface area (Å²) in [6, 6.07) is 7.50. The lowest BCUT2D eigenvalue weighted by atomic mass is 10.1. The quantitative estimate of drug-likeness (QED) is 0.501. The van der Waals surface area contributed by atoms with Gasteiger partial charge in [-0.15, -0.1) is 4.40 Å². The number of rotatable bonds is 6. The summed E-state index contributed by atoms with van der Waals surface area (Å²) in [5.41, 5.74) is 10.9. The van der Waals surface area contributed by atoms with Crippen LogP contribution in [-0.2, 0) is 10.2 Å². The van der Waals surface area contributed by atoms with E-state index in [2.05, 4.69) is 19.4 Å². The number of nitrogens with two attached hydrogens (primary N) is 2. The number of hydrogen-bond acceptors (Lipinski definition) is 7. The topological polar surface area (TPSA) is 179 Å². The fraction of sp³-hybridized carbons (Fsp3) is 0.222. The summed E-state index contributed by atoms with van der Waals surface area (Å²) in [7, 11) is -3.90. The van der Waals surface area contributed by atoms with Gasteiger partial charge in [-0.25, -0.2) is 0 Å². The van der Waals surface area contributed by atoms with Crippen molar-refractivity contribution >= 4 is 33.5 Å². The van der Waals surface area contributed by atoms with Crippen molar-refractivity contribution in [2.45, 2.75) is 19.4 Å². The Balaban J connectivity index is 1.74. The molecule has 1 aromatic carbocycles. The van der Waals surface area contributed by atoms with Gasteiger partial charge in [0.2, 0.25) is 0 Å². The molecule has 1 aliphatic rings. The molecule has 0 spiro atoms. The van der Waals surface area contributed by atoms with Gasteiger partial charge in [0.25, 0.3) is 11.8 Å². The first-order valence-corrected chi connectivity index (χ1v) is 10.1. The van der Waals surface area contributed by atoms with Crippen LogP contribution in [-0.4, -0.2) is 43.2 Å². The fourth-order valence-electron chi connectivity index (χ4n) is 2.72. The first-order valence-electron chi connectivity index (χ1n) is 8.70. The molecular weight excluding hydrogens is 412 g/mol. The summed E-state index contributed by atoms with van der Waals surface area (Å²) < 4.78 is 34.9. The zero-order chi connectivity index (χ0) is 22.1. The average Bonchev–Trinajstić information content (AvgIpc) is 2.65. The number of aromatic nitrogens is 1. The lowest BCUT2D eigenvalue weighted by Crippen LogP contribution is -2.48. The Morgan fingerprint density at radius 2 is 2.00 bits per heavy atom. The summed E-state index contributed by atoms with van der Waals surface area (Å²) in [5.74, 6) is -1.08. The van der Waals surface area contributed by atoms with Gasteiger partial charge in [0, 0.05) is 11.8 Å². The fourth-order valence-corrected chi connectivity index (χ4v) is 3.56. The molecule has 12 heteroatoms. The van der Waals surface area contributed by atoms with E-state index in [-0.39, 0.29) is 29.4 Å². The van der Waals surface area contributed by atoms with Crippen molar-refractivity contribution in [2.75, 3.05) is 11.3 Å². The number of primary amides is 1.